The highest BCUT2D eigenvalue weighted by Gasteiger charge is 2.44. The predicted octanol–water partition coefficient (Wildman–Crippen LogP) is 1.86. The Morgan fingerprint density at radius 1 is 1.09 bits per heavy atom. The van der Waals surface area contributed by atoms with Crippen LogP contribution in [0.3, 0.4) is 0 Å². The molecular weight excluding hydrogens is 457 g/mol. The molecular formula is C25H26FN3O6. The molecule has 1 unspecified atom stereocenters. The molecule has 4 rings (SSSR count). The van der Waals surface area contributed by atoms with E-state index in [2.05, 4.69) is 4.90 Å². The normalized spacial score (nSPS) is 18.6. The molecule has 9 nitrogen and oxygen atoms in total. The quantitative estimate of drug-likeness (QED) is 0.337. The summed E-state index contributed by atoms with van der Waals surface area (Å²) in [6, 6.07) is 10.5. The number of ether oxygens (including phenoxy) is 2. The number of rotatable bonds is 7. The Bertz CT molecular complexity index is 1120. The molecule has 2 heterocycles. The van der Waals surface area contributed by atoms with Gasteiger partial charge in [0.25, 0.3) is 11.8 Å². The predicted molar refractivity (Wildman–Crippen MR) is 123 cm³/mol. The number of morpholine rings is 1. The zero-order valence-electron chi connectivity index (χ0n) is 19.3. The third kappa shape index (κ3) is 5.55. The van der Waals surface area contributed by atoms with Crippen LogP contribution in [0.15, 0.2) is 48.5 Å². The van der Waals surface area contributed by atoms with E-state index in [-0.39, 0.29) is 24.3 Å². The van der Waals surface area contributed by atoms with Gasteiger partial charge >= 0.3 is 5.97 Å². The number of benzene rings is 2. The molecule has 0 spiro atoms. The highest BCUT2D eigenvalue weighted by molar-refractivity contribution is 6.23. The molecule has 10 heteroatoms. The van der Waals surface area contributed by atoms with Crippen molar-refractivity contribution in [2.75, 3.05) is 44.3 Å². The topological polar surface area (TPSA) is 96.5 Å². The molecule has 0 aromatic heterocycles. The highest BCUT2D eigenvalue weighted by Crippen LogP contribution is 2.28. The number of hydrogen-bond donors (Lipinski definition) is 0. The first-order valence-corrected chi connectivity index (χ1v) is 11.4. The number of esters is 1. The Kier molecular flexibility index (Phi) is 7.52. The van der Waals surface area contributed by atoms with Gasteiger partial charge in [-0.1, -0.05) is 12.1 Å². The van der Waals surface area contributed by atoms with Crippen LogP contribution < -0.4 is 9.64 Å². The number of hydrogen-bond acceptors (Lipinski definition) is 7. The lowest BCUT2D eigenvalue weighted by Crippen LogP contribution is -2.49. The molecule has 2 fully saturated rings. The minimum atomic E-state index is -1.07. The van der Waals surface area contributed by atoms with Gasteiger partial charge in [-0.15, -0.1) is 0 Å². The van der Waals surface area contributed by atoms with E-state index in [1.54, 1.807) is 6.07 Å². The fraction of sp³-hybridized carbons (Fsp3) is 0.360. The number of nitrogens with zero attached hydrogens (tertiary/aromatic N) is 3. The van der Waals surface area contributed by atoms with Crippen LogP contribution in [0.1, 0.15) is 23.7 Å². The van der Waals surface area contributed by atoms with E-state index in [1.165, 1.54) is 54.3 Å². The van der Waals surface area contributed by atoms with E-state index in [0.29, 0.717) is 38.5 Å². The Labute approximate surface area is 202 Å². The van der Waals surface area contributed by atoms with Crippen molar-refractivity contribution in [2.24, 2.45) is 0 Å². The molecule has 0 N–H and O–H groups in total. The summed E-state index contributed by atoms with van der Waals surface area (Å²) in [6.07, 6.45) is -0.214. The highest BCUT2D eigenvalue weighted by atomic mass is 19.1. The summed E-state index contributed by atoms with van der Waals surface area (Å²) in [5, 5.41) is 0. The van der Waals surface area contributed by atoms with E-state index in [0.717, 1.165) is 4.90 Å². The van der Waals surface area contributed by atoms with Crippen molar-refractivity contribution in [2.45, 2.75) is 19.4 Å². The van der Waals surface area contributed by atoms with Gasteiger partial charge in [-0.3, -0.25) is 24.1 Å². The zero-order chi connectivity index (χ0) is 24.9. The third-order valence-corrected chi connectivity index (χ3v) is 5.98. The van der Waals surface area contributed by atoms with E-state index in [9.17, 15) is 23.6 Å². The molecule has 1 atom stereocenters. The number of amides is 3. The molecule has 0 radical (unpaired) electrons. The maximum atomic E-state index is 14.5. The molecule has 184 valence electrons. The van der Waals surface area contributed by atoms with Crippen LogP contribution in [0.4, 0.5) is 10.1 Å². The largest absolute Gasteiger partial charge is 0.427 e. The average molecular weight is 483 g/mol. The molecule has 35 heavy (non-hydrogen) atoms. The third-order valence-electron chi connectivity index (χ3n) is 5.98. The second kappa shape index (κ2) is 10.7. The minimum Gasteiger partial charge on any atom is -0.427 e. The van der Waals surface area contributed by atoms with Crippen molar-refractivity contribution in [3.8, 4) is 5.75 Å². The zero-order valence-corrected chi connectivity index (χ0v) is 19.3. The maximum Gasteiger partial charge on any atom is 0.308 e. The Balaban J connectivity index is 1.57. The maximum absolute atomic E-state index is 14.5. The van der Waals surface area contributed by atoms with Crippen LogP contribution >= 0.6 is 0 Å². The van der Waals surface area contributed by atoms with E-state index < -0.39 is 35.5 Å². The van der Waals surface area contributed by atoms with E-state index in [4.69, 9.17) is 9.47 Å². The van der Waals surface area contributed by atoms with Crippen molar-refractivity contribution >= 4 is 29.4 Å². The number of carbonyl (C=O) groups is 4. The number of carbonyl (C=O) groups excluding carboxylic acids is 4. The van der Waals surface area contributed by atoms with Crippen molar-refractivity contribution in [1.29, 1.82) is 0 Å². The van der Waals surface area contributed by atoms with Gasteiger partial charge in [-0.05, 0) is 36.4 Å². The summed E-state index contributed by atoms with van der Waals surface area (Å²) in [5.74, 6) is -2.59. The molecule has 2 aromatic carbocycles. The van der Waals surface area contributed by atoms with Crippen molar-refractivity contribution < 1.29 is 33.0 Å². The number of anilines is 1. The lowest BCUT2D eigenvalue weighted by Gasteiger charge is -2.32. The van der Waals surface area contributed by atoms with Gasteiger partial charge < -0.3 is 14.4 Å². The van der Waals surface area contributed by atoms with E-state index >= 15 is 0 Å². The SMILES string of the molecule is CC(=O)Oc1ccc(N2C(=O)CC(N(CCN3CCOCC3)C(=O)c3ccccc3F)C2=O)cc1. The first-order chi connectivity index (χ1) is 16.8. The standard InChI is InChI=1S/C25H26FN3O6/c1-17(30)35-19-8-6-18(7-9-19)29-23(31)16-22(25(29)33)28(11-10-27-12-14-34-15-13-27)24(32)20-4-2-3-5-21(20)26/h2-9,22H,10-16H2,1H3. The number of imide groups is 1. The second-order valence-electron chi connectivity index (χ2n) is 8.31. The van der Waals surface area contributed by atoms with Crippen molar-refractivity contribution in [1.82, 2.24) is 9.80 Å². The van der Waals surface area contributed by atoms with Crippen LogP contribution in [0, 0.1) is 5.82 Å². The van der Waals surface area contributed by atoms with Crippen LogP contribution in [-0.4, -0.2) is 78.9 Å². The van der Waals surface area contributed by atoms with Crippen molar-refractivity contribution in [3.05, 3.63) is 59.9 Å². The molecule has 0 saturated carbocycles. The van der Waals surface area contributed by atoms with Gasteiger partial charge in [-0.25, -0.2) is 9.29 Å². The fourth-order valence-corrected chi connectivity index (χ4v) is 4.22. The molecule has 2 saturated heterocycles. The second-order valence-corrected chi connectivity index (χ2v) is 8.31. The van der Waals surface area contributed by atoms with Crippen LogP contribution in [0.25, 0.3) is 0 Å². The van der Waals surface area contributed by atoms with E-state index in [1.807, 2.05) is 0 Å². The van der Waals surface area contributed by atoms with Crippen LogP contribution in [0.5, 0.6) is 5.75 Å². The lowest BCUT2D eigenvalue weighted by molar-refractivity contribution is -0.132. The Morgan fingerprint density at radius 3 is 2.43 bits per heavy atom. The summed E-state index contributed by atoms with van der Waals surface area (Å²) in [4.78, 5) is 55.2. The van der Waals surface area contributed by atoms with Gasteiger partial charge in [-0.2, -0.15) is 0 Å². The molecule has 2 aliphatic heterocycles. The van der Waals surface area contributed by atoms with Gasteiger partial charge in [0.15, 0.2) is 0 Å². The Hall–Kier alpha value is -3.63. The molecule has 0 aliphatic carbocycles. The van der Waals surface area contributed by atoms with Gasteiger partial charge in [0, 0.05) is 33.1 Å². The van der Waals surface area contributed by atoms with Gasteiger partial charge in [0.2, 0.25) is 5.91 Å². The first-order valence-electron chi connectivity index (χ1n) is 11.4. The van der Waals surface area contributed by atoms with Gasteiger partial charge in [0.1, 0.15) is 17.6 Å². The Morgan fingerprint density at radius 2 is 1.77 bits per heavy atom. The first kappa shape index (κ1) is 24.5. The molecule has 2 aliphatic rings. The summed E-state index contributed by atoms with van der Waals surface area (Å²) < 4.78 is 24.8. The van der Waals surface area contributed by atoms with Crippen molar-refractivity contribution in [3.63, 3.8) is 0 Å². The summed E-state index contributed by atoms with van der Waals surface area (Å²) >= 11 is 0. The summed E-state index contributed by atoms with van der Waals surface area (Å²) in [6.45, 7) is 4.37. The number of halogens is 1. The molecule has 0 bridgehead atoms. The average Bonchev–Trinajstić information content (AvgIpc) is 3.14. The fourth-order valence-electron chi connectivity index (χ4n) is 4.22. The molecule has 3 amide bonds. The lowest BCUT2D eigenvalue weighted by atomic mass is 10.1. The van der Waals surface area contributed by atoms with Crippen LogP contribution in [0.2, 0.25) is 0 Å². The summed E-state index contributed by atoms with van der Waals surface area (Å²) in [5.41, 5.74) is 0.142. The van der Waals surface area contributed by atoms with Gasteiger partial charge in [0.05, 0.1) is 30.9 Å². The monoisotopic (exact) mass is 483 g/mol. The summed E-state index contributed by atoms with van der Waals surface area (Å²) in [7, 11) is 0. The smallest absolute Gasteiger partial charge is 0.308 e. The minimum absolute atomic E-state index is 0.149. The van der Waals surface area contributed by atoms with Crippen LogP contribution in [-0.2, 0) is 19.1 Å². The molecule has 2 aromatic rings.